The molecule has 1 heterocycles. The second-order valence-electron chi connectivity index (χ2n) is 7.96. The van der Waals surface area contributed by atoms with E-state index in [1.165, 1.54) is 4.90 Å². The number of aliphatic carboxylic acids is 1. The molecule has 2 fully saturated rings. The van der Waals surface area contributed by atoms with Gasteiger partial charge in [-0.25, -0.2) is 9.59 Å². The number of benzene rings is 1. The van der Waals surface area contributed by atoms with E-state index in [1.807, 2.05) is 30.3 Å². The van der Waals surface area contributed by atoms with Gasteiger partial charge in [-0.15, -0.1) is 0 Å². The van der Waals surface area contributed by atoms with Gasteiger partial charge in [0.15, 0.2) is 0 Å². The van der Waals surface area contributed by atoms with Crippen molar-refractivity contribution in [3.05, 3.63) is 35.9 Å². The molecule has 1 saturated carbocycles. The highest BCUT2D eigenvalue weighted by atomic mass is 16.5. The van der Waals surface area contributed by atoms with Crippen LogP contribution >= 0.6 is 0 Å². The first kappa shape index (κ1) is 21.1. The van der Waals surface area contributed by atoms with Gasteiger partial charge in [-0.1, -0.05) is 49.6 Å². The number of nitrogens with zero attached hydrogens (tertiary/aromatic N) is 1. The number of carbonyl (C=O) groups is 3. The molecule has 0 radical (unpaired) electrons. The fourth-order valence-electron chi connectivity index (χ4n) is 4.37. The standard InChI is InChI=1S/C22H30N2O5/c25-20(24-14-8-7-13-18(24)21(26)27)19(17-11-5-2-6-12-17)23-22(28)29-15-16-9-3-1-4-10-16/h1,3-4,9-10,17-19H,2,5-8,11-15H2,(H,23,28)(H,26,27). The van der Waals surface area contributed by atoms with Crippen LogP contribution in [0.5, 0.6) is 0 Å². The first-order chi connectivity index (χ1) is 14.1. The number of carbonyl (C=O) groups excluding carboxylic acids is 2. The highest BCUT2D eigenvalue weighted by molar-refractivity contribution is 5.89. The molecule has 2 aliphatic rings. The largest absolute Gasteiger partial charge is 0.480 e. The van der Waals surface area contributed by atoms with Crippen molar-refractivity contribution in [3.63, 3.8) is 0 Å². The molecule has 2 amide bonds. The number of alkyl carbamates (subject to hydrolysis) is 1. The zero-order valence-electron chi connectivity index (χ0n) is 16.7. The minimum Gasteiger partial charge on any atom is -0.480 e. The zero-order chi connectivity index (χ0) is 20.6. The van der Waals surface area contributed by atoms with Crippen LogP contribution in [0.3, 0.4) is 0 Å². The van der Waals surface area contributed by atoms with Crippen molar-refractivity contribution in [2.45, 2.75) is 70.1 Å². The van der Waals surface area contributed by atoms with Crippen molar-refractivity contribution in [3.8, 4) is 0 Å². The van der Waals surface area contributed by atoms with Crippen LogP contribution in [0.1, 0.15) is 56.9 Å². The number of likely N-dealkylation sites (tertiary alicyclic amines) is 1. The van der Waals surface area contributed by atoms with Gasteiger partial charge in [0.05, 0.1) is 0 Å². The minimum atomic E-state index is -0.980. The maximum Gasteiger partial charge on any atom is 0.408 e. The van der Waals surface area contributed by atoms with E-state index in [0.717, 1.165) is 50.5 Å². The lowest BCUT2D eigenvalue weighted by Gasteiger charge is -2.38. The third-order valence-electron chi connectivity index (χ3n) is 5.94. The third-order valence-corrected chi connectivity index (χ3v) is 5.94. The van der Waals surface area contributed by atoms with Crippen molar-refractivity contribution >= 4 is 18.0 Å². The van der Waals surface area contributed by atoms with Crippen molar-refractivity contribution < 1.29 is 24.2 Å². The number of amides is 2. The van der Waals surface area contributed by atoms with E-state index < -0.39 is 24.1 Å². The Bertz CT molecular complexity index is 702. The average molecular weight is 402 g/mol. The molecule has 2 unspecified atom stereocenters. The summed E-state index contributed by atoms with van der Waals surface area (Å²) < 4.78 is 5.32. The summed E-state index contributed by atoms with van der Waals surface area (Å²) in [5.41, 5.74) is 0.866. The van der Waals surface area contributed by atoms with Crippen LogP contribution in [0.25, 0.3) is 0 Å². The van der Waals surface area contributed by atoms with Crippen LogP contribution in [0.15, 0.2) is 30.3 Å². The lowest BCUT2D eigenvalue weighted by Crippen LogP contribution is -2.57. The van der Waals surface area contributed by atoms with Crippen LogP contribution in [0.4, 0.5) is 4.79 Å². The molecule has 3 rings (SSSR count). The Balaban J connectivity index is 1.69. The molecule has 1 saturated heterocycles. The number of hydrogen-bond acceptors (Lipinski definition) is 4. The van der Waals surface area contributed by atoms with Gasteiger partial charge < -0.3 is 20.1 Å². The summed E-state index contributed by atoms with van der Waals surface area (Å²) in [7, 11) is 0. The lowest BCUT2D eigenvalue weighted by molar-refractivity contribution is -0.153. The van der Waals surface area contributed by atoms with Crippen molar-refractivity contribution in [1.29, 1.82) is 0 Å². The van der Waals surface area contributed by atoms with Gasteiger partial charge in [-0.05, 0) is 43.6 Å². The Morgan fingerprint density at radius 1 is 1.03 bits per heavy atom. The Labute approximate surface area is 171 Å². The number of hydrogen-bond donors (Lipinski definition) is 2. The first-order valence-corrected chi connectivity index (χ1v) is 10.6. The predicted molar refractivity (Wildman–Crippen MR) is 107 cm³/mol. The fourth-order valence-corrected chi connectivity index (χ4v) is 4.37. The van der Waals surface area contributed by atoms with Crippen molar-refractivity contribution in [1.82, 2.24) is 10.2 Å². The van der Waals surface area contributed by atoms with Crippen molar-refractivity contribution in [2.75, 3.05) is 6.54 Å². The van der Waals surface area contributed by atoms with Crippen LogP contribution in [0.2, 0.25) is 0 Å². The smallest absolute Gasteiger partial charge is 0.408 e. The van der Waals surface area contributed by atoms with E-state index in [9.17, 15) is 19.5 Å². The van der Waals surface area contributed by atoms with Gasteiger partial charge >= 0.3 is 12.1 Å². The van der Waals surface area contributed by atoms with Gasteiger partial charge in [-0.3, -0.25) is 4.79 Å². The molecule has 2 atom stereocenters. The molecule has 1 aliphatic carbocycles. The molecule has 158 valence electrons. The topological polar surface area (TPSA) is 95.9 Å². The molecule has 2 N–H and O–H groups in total. The minimum absolute atomic E-state index is 0.0110. The van der Waals surface area contributed by atoms with E-state index in [1.54, 1.807) is 0 Å². The summed E-state index contributed by atoms with van der Waals surface area (Å²) in [5.74, 6) is -1.26. The van der Waals surface area contributed by atoms with Crippen LogP contribution in [0, 0.1) is 5.92 Å². The maximum absolute atomic E-state index is 13.3. The summed E-state index contributed by atoms with van der Waals surface area (Å²) in [4.78, 5) is 38.9. The highest BCUT2D eigenvalue weighted by Gasteiger charge is 2.39. The second-order valence-corrected chi connectivity index (χ2v) is 7.96. The molecule has 1 aromatic rings. The van der Waals surface area contributed by atoms with Gasteiger partial charge in [-0.2, -0.15) is 0 Å². The molecular formula is C22H30N2O5. The number of ether oxygens (including phenoxy) is 1. The molecular weight excluding hydrogens is 372 g/mol. The van der Waals surface area contributed by atoms with Gasteiger partial charge in [0, 0.05) is 6.54 Å². The van der Waals surface area contributed by atoms with Crippen molar-refractivity contribution in [2.24, 2.45) is 5.92 Å². The number of carboxylic acid groups (broad SMARTS) is 1. The van der Waals surface area contributed by atoms with Gasteiger partial charge in [0.1, 0.15) is 18.7 Å². The molecule has 7 nitrogen and oxygen atoms in total. The normalized spacial score (nSPS) is 21.2. The summed E-state index contributed by atoms with van der Waals surface area (Å²) in [5, 5.41) is 12.3. The van der Waals surface area contributed by atoms with E-state index in [-0.39, 0.29) is 18.4 Å². The Morgan fingerprint density at radius 2 is 1.72 bits per heavy atom. The number of rotatable bonds is 6. The number of piperidine rings is 1. The van der Waals surface area contributed by atoms with E-state index in [2.05, 4.69) is 5.32 Å². The molecule has 0 spiro atoms. The average Bonchev–Trinajstić information content (AvgIpc) is 2.77. The summed E-state index contributed by atoms with van der Waals surface area (Å²) >= 11 is 0. The van der Waals surface area contributed by atoms with Crippen LogP contribution in [-0.2, 0) is 20.9 Å². The lowest BCUT2D eigenvalue weighted by atomic mass is 9.83. The summed E-state index contributed by atoms with van der Waals surface area (Å²) in [6.45, 7) is 0.541. The number of carboxylic acids is 1. The molecule has 0 bridgehead atoms. The monoisotopic (exact) mass is 402 g/mol. The van der Waals surface area contributed by atoms with E-state index >= 15 is 0 Å². The quantitative estimate of drug-likeness (QED) is 0.761. The predicted octanol–water partition coefficient (Wildman–Crippen LogP) is 3.33. The Morgan fingerprint density at radius 3 is 2.41 bits per heavy atom. The van der Waals surface area contributed by atoms with Crippen LogP contribution < -0.4 is 5.32 Å². The number of nitrogens with one attached hydrogen (secondary N) is 1. The molecule has 29 heavy (non-hydrogen) atoms. The second kappa shape index (κ2) is 10.3. The maximum atomic E-state index is 13.3. The molecule has 1 aliphatic heterocycles. The SMILES string of the molecule is O=C(NC(C(=O)N1CCCCC1C(=O)O)C1CCCCC1)OCc1ccccc1. The molecule has 0 aromatic heterocycles. The van der Waals surface area contributed by atoms with E-state index in [0.29, 0.717) is 13.0 Å². The van der Waals surface area contributed by atoms with Gasteiger partial charge in [0.25, 0.3) is 0 Å². The summed E-state index contributed by atoms with van der Waals surface area (Å²) in [6.07, 6.45) is 6.24. The van der Waals surface area contributed by atoms with Gasteiger partial charge in [0.2, 0.25) is 5.91 Å². The van der Waals surface area contributed by atoms with Crippen LogP contribution in [-0.4, -0.2) is 46.6 Å². The highest BCUT2D eigenvalue weighted by Crippen LogP contribution is 2.29. The third kappa shape index (κ3) is 5.71. The Kier molecular flexibility index (Phi) is 7.49. The van der Waals surface area contributed by atoms with E-state index in [4.69, 9.17) is 4.74 Å². The Hall–Kier alpha value is -2.57. The molecule has 1 aromatic carbocycles. The molecule has 7 heteroatoms. The summed E-state index contributed by atoms with van der Waals surface area (Å²) in [6, 6.07) is 7.80. The fraction of sp³-hybridized carbons (Fsp3) is 0.591. The first-order valence-electron chi connectivity index (χ1n) is 10.6. The zero-order valence-corrected chi connectivity index (χ0v) is 16.7.